The molecule has 0 heterocycles. The standard InChI is InChI=1S/C10H6F5NO3/c1-19-8(17)4-2-7(6(12)3-5(4)11)16-9(18)10(13,14)15/h2-3H,1H3,(H,16,18). The second-order valence-electron chi connectivity index (χ2n) is 3.26. The van der Waals surface area contributed by atoms with Gasteiger partial charge in [-0.05, 0) is 6.07 Å². The number of carbonyl (C=O) groups excluding carboxylic acids is 2. The molecule has 0 radical (unpaired) electrons. The monoisotopic (exact) mass is 283 g/mol. The van der Waals surface area contributed by atoms with Crippen molar-refractivity contribution in [2.24, 2.45) is 0 Å². The van der Waals surface area contributed by atoms with Crippen LogP contribution < -0.4 is 5.32 Å². The van der Waals surface area contributed by atoms with Crippen molar-refractivity contribution < 1.29 is 36.3 Å². The smallest absolute Gasteiger partial charge is 0.465 e. The van der Waals surface area contributed by atoms with E-state index in [1.54, 1.807) is 0 Å². The molecule has 0 aliphatic rings. The molecule has 0 aliphatic carbocycles. The third-order valence-corrected chi connectivity index (χ3v) is 1.97. The number of rotatable bonds is 2. The van der Waals surface area contributed by atoms with E-state index in [1.807, 2.05) is 0 Å². The number of amides is 1. The molecular formula is C10H6F5NO3. The third-order valence-electron chi connectivity index (χ3n) is 1.97. The predicted octanol–water partition coefficient (Wildman–Crippen LogP) is 2.25. The summed E-state index contributed by atoms with van der Waals surface area (Å²) in [4.78, 5) is 21.7. The zero-order valence-electron chi connectivity index (χ0n) is 9.27. The van der Waals surface area contributed by atoms with Crippen LogP contribution in [0.1, 0.15) is 10.4 Å². The normalized spacial score (nSPS) is 11.1. The number of esters is 1. The van der Waals surface area contributed by atoms with Crippen molar-refractivity contribution in [2.75, 3.05) is 12.4 Å². The Kier molecular flexibility index (Phi) is 4.07. The van der Waals surface area contributed by atoms with Crippen LogP contribution >= 0.6 is 0 Å². The molecule has 0 aliphatic heterocycles. The zero-order valence-corrected chi connectivity index (χ0v) is 9.27. The number of halogens is 5. The minimum absolute atomic E-state index is 0.165. The van der Waals surface area contributed by atoms with Crippen molar-refractivity contribution in [3.63, 3.8) is 0 Å². The maximum absolute atomic E-state index is 13.2. The fourth-order valence-electron chi connectivity index (χ4n) is 1.10. The lowest BCUT2D eigenvalue weighted by atomic mass is 10.1. The van der Waals surface area contributed by atoms with Gasteiger partial charge in [0.1, 0.15) is 11.6 Å². The molecule has 1 rings (SSSR count). The first-order chi connectivity index (χ1) is 8.66. The second-order valence-corrected chi connectivity index (χ2v) is 3.26. The summed E-state index contributed by atoms with van der Waals surface area (Å²) in [6, 6.07) is 0.582. The number of benzene rings is 1. The lowest BCUT2D eigenvalue weighted by Gasteiger charge is -2.10. The highest BCUT2D eigenvalue weighted by Crippen LogP contribution is 2.23. The van der Waals surface area contributed by atoms with Crippen molar-refractivity contribution in [3.8, 4) is 0 Å². The first-order valence-electron chi connectivity index (χ1n) is 4.62. The van der Waals surface area contributed by atoms with Gasteiger partial charge < -0.3 is 10.1 Å². The van der Waals surface area contributed by atoms with Crippen LogP contribution in [-0.2, 0) is 9.53 Å². The Hall–Kier alpha value is -2.19. The molecular weight excluding hydrogens is 277 g/mol. The topological polar surface area (TPSA) is 55.4 Å². The van der Waals surface area contributed by atoms with Gasteiger partial charge in [0.25, 0.3) is 0 Å². The number of hydrogen-bond donors (Lipinski definition) is 1. The fourth-order valence-corrected chi connectivity index (χ4v) is 1.10. The lowest BCUT2D eigenvalue weighted by molar-refractivity contribution is -0.167. The Morgan fingerprint density at radius 2 is 1.74 bits per heavy atom. The zero-order chi connectivity index (χ0) is 14.8. The Balaban J connectivity index is 3.15. The molecule has 9 heteroatoms. The van der Waals surface area contributed by atoms with Gasteiger partial charge in [0.15, 0.2) is 0 Å². The van der Waals surface area contributed by atoms with Crippen LogP contribution in [0.25, 0.3) is 0 Å². The first-order valence-corrected chi connectivity index (χ1v) is 4.62. The summed E-state index contributed by atoms with van der Waals surface area (Å²) in [5, 5.41) is 1.18. The number of hydrogen-bond acceptors (Lipinski definition) is 3. The van der Waals surface area contributed by atoms with Crippen LogP contribution in [0.3, 0.4) is 0 Å². The largest absolute Gasteiger partial charge is 0.471 e. The summed E-state index contributed by atoms with van der Waals surface area (Å²) in [5.74, 6) is -6.45. The Morgan fingerprint density at radius 1 is 1.16 bits per heavy atom. The molecule has 0 saturated carbocycles. The van der Waals surface area contributed by atoms with Crippen molar-refractivity contribution >= 4 is 17.6 Å². The van der Waals surface area contributed by atoms with Gasteiger partial charge in [0.2, 0.25) is 0 Å². The number of methoxy groups -OCH3 is 1. The van der Waals surface area contributed by atoms with E-state index in [2.05, 4.69) is 4.74 Å². The lowest BCUT2D eigenvalue weighted by Crippen LogP contribution is -2.30. The highest BCUT2D eigenvalue weighted by Gasteiger charge is 2.39. The van der Waals surface area contributed by atoms with Crippen LogP contribution in [0.5, 0.6) is 0 Å². The highest BCUT2D eigenvalue weighted by molar-refractivity contribution is 5.97. The summed E-state index contributed by atoms with van der Waals surface area (Å²) >= 11 is 0. The van der Waals surface area contributed by atoms with Gasteiger partial charge in [0, 0.05) is 6.07 Å². The Morgan fingerprint density at radius 3 is 2.21 bits per heavy atom. The molecule has 0 aromatic heterocycles. The van der Waals surface area contributed by atoms with Gasteiger partial charge in [-0.1, -0.05) is 0 Å². The van der Waals surface area contributed by atoms with Crippen LogP contribution in [0.2, 0.25) is 0 Å². The molecule has 1 aromatic rings. The van der Waals surface area contributed by atoms with Crippen LogP contribution in [-0.4, -0.2) is 25.2 Å². The molecule has 0 atom stereocenters. The molecule has 4 nitrogen and oxygen atoms in total. The van der Waals surface area contributed by atoms with Crippen molar-refractivity contribution in [2.45, 2.75) is 6.18 Å². The van der Waals surface area contributed by atoms with E-state index < -0.39 is 40.9 Å². The minimum Gasteiger partial charge on any atom is -0.465 e. The van der Waals surface area contributed by atoms with Crippen LogP contribution in [0.4, 0.5) is 27.6 Å². The quantitative estimate of drug-likeness (QED) is 0.669. The summed E-state index contributed by atoms with van der Waals surface area (Å²) < 4.78 is 66.4. The number of ether oxygens (including phenoxy) is 1. The van der Waals surface area contributed by atoms with E-state index >= 15 is 0 Å². The third kappa shape index (κ3) is 3.39. The second kappa shape index (κ2) is 5.21. The van der Waals surface area contributed by atoms with Crippen LogP contribution in [0, 0.1) is 11.6 Å². The molecule has 104 valence electrons. The van der Waals surface area contributed by atoms with E-state index in [0.717, 1.165) is 7.11 Å². The number of nitrogens with one attached hydrogen (secondary N) is 1. The maximum atomic E-state index is 13.2. The van der Waals surface area contributed by atoms with Crippen molar-refractivity contribution in [1.82, 2.24) is 0 Å². The van der Waals surface area contributed by atoms with Crippen LogP contribution in [0.15, 0.2) is 12.1 Å². The Labute approximate surface area is 103 Å². The molecule has 1 amide bonds. The molecule has 0 spiro atoms. The number of carbonyl (C=O) groups is 2. The maximum Gasteiger partial charge on any atom is 0.471 e. The summed E-state index contributed by atoms with van der Waals surface area (Å²) in [7, 11) is 0.902. The average molecular weight is 283 g/mol. The van der Waals surface area contributed by atoms with Gasteiger partial charge in [-0.2, -0.15) is 13.2 Å². The molecule has 19 heavy (non-hydrogen) atoms. The van der Waals surface area contributed by atoms with E-state index in [4.69, 9.17) is 0 Å². The molecule has 1 N–H and O–H groups in total. The molecule has 0 saturated heterocycles. The van der Waals surface area contributed by atoms with E-state index in [9.17, 15) is 31.5 Å². The first kappa shape index (κ1) is 14.9. The number of anilines is 1. The van der Waals surface area contributed by atoms with Gasteiger partial charge in [-0.3, -0.25) is 4.79 Å². The van der Waals surface area contributed by atoms with Gasteiger partial charge in [0.05, 0.1) is 18.4 Å². The fraction of sp³-hybridized carbons (Fsp3) is 0.200. The summed E-state index contributed by atoms with van der Waals surface area (Å²) in [6.07, 6.45) is -5.24. The summed E-state index contributed by atoms with van der Waals surface area (Å²) in [6.45, 7) is 0. The SMILES string of the molecule is COC(=O)c1cc(NC(=O)C(F)(F)F)c(F)cc1F. The Bertz CT molecular complexity index is 527. The van der Waals surface area contributed by atoms with Gasteiger partial charge in [-0.15, -0.1) is 0 Å². The molecule has 0 fully saturated rings. The average Bonchev–Trinajstić information content (AvgIpc) is 2.30. The predicted molar refractivity (Wildman–Crippen MR) is 52.4 cm³/mol. The van der Waals surface area contributed by atoms with E-state index in [0.29, 0.717) is 6.07 Å². The van der Waals surface area contributed by atoms with Crippen molar-refractivity contribution in [3.05, 3.63) is 29.3 Å². The van der Waals surface area contributed by atoms with E-state index in [-0.39, 0.29) is 6.07 Å². The highest BCUT2D eigenvalue weighted by atomic mass is 19.4. The van der Waals surface area contributed by atoms with Gasteiger partial charge >= 0.3 is 18.1 Å². The molecule has 1 aromatic carbocycles. The number of alkyl halides is 3. The molecule has 0 unspecified atom stereocenters. The molecule has 0 bridgehead atoms. The van der Waals surface area contributed by atoms with Gasteiger partial charge in [-0.25, -0.2) is 13.6 Å². The van der Waals surface area contributed by atoms with E-state index in [1.165, 1.54) is 5.32 Å². The summed E-state index contributed by atoms with van der Waals surface area (Å²) in [5.41, 5.74) is -1.79. The minimum atomic E-state index is -5.24. The van der Waals surface area contributed by atoms with Crippen molar-refractivity contribution in [1.29, 1.82) is 0 Å².